The highest BCUT2D eigenvalue weighted by Gasteiger charge is 2.19. The highest BCUT2D eigenvalue weighted by molar-refractivity contribution is 6.25. The van der Waals surface area contributed by atoms with Gasteiger partial charge in [-0.15, -0.1) is 0 Å². The molecule has 0 unspecified atom stereocenters. The van der Waals surface area contributed by atoms with Crippen LogP contribution in [0.3, 0.4) is 0 Å². The van der Waals surface area contributed by atoms with Gasteiger partial charge in [-0.05, 0) is 99.7 Å². The molecule has 0 bridgehead atoms. The molecule has 0 heteroatoms. The average Bonchev–Trinajstić information content (AvgIpc) is 3.14. The molecule has 0 fully saturated rings. The largest absolute Gasteiger partial charge is 0.0622 e. The van der Waals surface area contributed by atoms with Gasteiger partial charge in [0, 0.05) is 0 Å². The molecule has 0 N–H and O–H groups in total. The maximum atomic E-state index is 2.39. The van der Waals surface area contributed by atoms with Crippen LogP contribution >= 0.6 is 0 Å². The Kier molecular flexibility index (Phi) is 6.25. The van der Waals surface area contributed by atoms with E-state index < -0.39 is 0 Å². The minimum absolute atomic E-state index is 1.22. The van der Waals surface area contributed by atoms with E-state index >= 15 is 0 Å². The lowest BCUT2D eigenvalue weighted by atomic mass is 9.83. The molecule has 9 aromatic carbocycles. The molecule has 0 aliphatic rings. The van der Waals surface area contributed by atoms with Gasteiger partial charge in [-0.25, -0.2) is 0 Å². The van der Waals surface area contributed by atoms with Crippen molar-refractivity contribution < 1.29 is 0 Å². The van der Waals surface area contributed by atoms with Gasteiger partial charge < -0.3 is 0 Å². The molecule has 0 saturated heterocycles. The fourth-order valence-electron chi connectivity index (χ4n) is 7.33. The smallest absolute Gasteiger partial charge is 0.00201 e. The van der Waals surface area contributed by atoms with E-state index in [1.165, 1.54) is 87.6 Å². The molecule has 0 aromatic heterocycles. The van der Waals surface area contributed by atoms with Crippen LogP contribution in [0.25, 0.3) is 87.6 Å². The van der Waals surface area contributed by atoms with Crippen molar-refractivity contribution in [3.63, 3.8) is 0 Å². The van der Waals surface area contributed by atoms with Crippen LogP contribution in [0.2, 0.25) is 0 Å². The lowest BCUT2D eigenvalue weighted by Crippen LogP contribution is -1.92. The van der Waals surface area contributed by atoms with Crippen LogP contribution in [-0.4, -0.2) is 0 Å². The average molecular weight is 583 g/mol. The fraction of sp³-hybridized carbons (Fsp3) is 0. The third kappa shape index (κ3) is 4.30. The first-order chi connectivity index (χ1) is 22.8. The standard InChI is InChI=1S/C46H30/c1-2-13-31(14-3-1)34-18-10-19-35(29-34)36-28-27-33-17-12-26-43(44(33)30-36)46-41-23-8-6-21-39(41)45(40-22-7-9-24-42(40)46)38-25-11-16-32-15-4-5-20-37(32)38/h1-30H. The Balaban J connectivity index is 1.32. The zero-order valence-corrected chi connectivity index (χ0v) is 25.3. The third-order valence-corrected chi connectivity index (χ3v) is 9.44. The Bertz CT molecular complexity index is 2510. The van der Waals surface area contributed by atoms with E-state index in [9.17, 15) is 0 Å². The fourth-order valence-corrected chi connectivity index (χ4v) is 7.33. The molecule has 0 radical (unpaired) electrons. The van der Waals surface area contributed by atoms with Gasteiger partial charge in [-0.1, -0.05) is 170 Å². The summed E-state index contributed by atoms with van der Waals surface area (Å²) in [4.78, 5) is 0. The van der Waals surface area contributed by atoms with Crippen molar-refractivity contribution in [2.45, 2.75) is 0 Å². The molecular formula is C46H30. The second-order valence-corrected chi connectivity index (χ2v) is 12.1. The van der Waals surface area contributed by atoms with Gasteiger partial charge in [0.15, 0.2) is 0 Å². The van der Waals surface area contributed by atoms with Crippen molar-refractivity contribution >= 4 is 43.1 Å². The predicted octanol–water partition coefficient (Wildman–Crippen LogP) is 13.0. The summed E-state index contributed by atoms with van der Waals surface area (Å²) in [5.41, 5.74) is 10.0. The summed E-state index contributed by atoms with van der Waals surface area (Å²) >= 11 is 0. The number of benzene rings is 9. The van der Waals surface area contributed by atoms with Crippen LogP contribution in [-0.2, 0) is 0 Å². The summed E-state index contributed by atoms with van der Waals surface area (Å²) in [6.45, 7) is 0. The van der Waals surface area contributed by atoms with Gasteiger partial charge in [-0.3, -0.25) is 0 Å². The first-order valence-corrected chi connectivity index (χ1v) is 15.9. The number of hydrogen-bond donors (Lipinski definition) is 0. The zero-order valence-electron chi connectivity index (χ0n) is 25.3. The normalized spacial score (nSPS) is 11.5. The predicted molar refractivity (Wildman–Crippen MR) is 198 cm³/mol. The molecule has 0 amide bonds. The topological polar surface area (TPSA) is 0 Å². The first-order valence-electron chi connectivity index (χ1n) is 15.9. The Morgan fingerprint density at radius 3 is 1.26 bits per heavy atom. The summed E-state index contributed by atoms with van der Waals surface area (Å²) < 4.78 is 0. The van der Waals surface area contributed by atoms with Crippen LogP contribution in [0.5, 0.6) is 0 Å². The van der Waals surface area contributed by atoms with E-state index in [2.05, 4.69) is 182 Å². The van der Waals surface area contributed by atoms with Crippen LogP contribution in [0, 0.1) is 0 Å². The zero-order chi connectivity index (χ0) is 30.5. The summed E-state index contributed by atoms with van der Waals surface area (Å²) in [5.74, 6) is 0. The Morgan fingerprint density at radius 1 is 0.217 bits per heavy atom. The highest BCUT2D eigenvalue weighted by atomic mass is 14.2. The molecule has 0 heterocycles. The maximum absolute atomic E-state index is 2.39. The Hall–Kier alpha value is -5.98. The van der Waals surface area contributed by atoms with Gasteiger partial charge in [0.1, 0.15) is 0 Å². The SMILES string of the molecule is c1ccc(-c2cccc(-c3ccc4cccc(-c5c6ccccc6c(-c6cccc7ccccc67)c6ccccc56)c4c3)c2)cc1. The molecule has 0 spiro atoms. The molecule has 9 aromatic rings. The quantitative estimate of drug-likeness (QED) is 0.181. The summed E-state index contributed by atoms with van der Waals surface area (Å²) in [5, 5.41) is 10.1. The molecule has 0 aliphatic heterocycles. The van der Waals surface area contributed by atoms with Crippen molar-refractivity contribution in [2.24, 2.45) is 0 Å². The Labute approximate surface area is 268 Å². The van der Waals surface area contributed by atoms with E-state index in [0.717, 1.165) is 0 Å². The van der Waals surface area contributed by atoms with Gasteiger partial charge in [-0.2, -0.15) is 0 Å². The van der Waals surface area contributed by atoms with E-state index in [1.807, 2.05) is 0 Å². The monoisotopic (exact) mass is 582 g/mol. The first kappa shape index (κ1) is 26.4. The van der Waals surface area contributed by atoms with Crippen molar-refractivity contribution in [2.75, 3.05) is 0 Å². The molecular weight excluding hydrogens is 553 g/mol. The number of fused-ring (bicyclic) bond motifs is 4. The minimum Gasteiger partial charge on any atom is -0.0622 e. The minimum atomic E-state index is 1.22. The van der Waals surface area contributed by atoms with Gasteiger partial charge in [0.05, 0.1) is 0 Å². The third-order valence-electron chi connectivity index (χ3n) is 9.44. The van der Waals surface area contributed by atoms with Crippen LogP contribution < -0.4 is 0 Å². The van der Waals surface area contributed by atoms with E-state index in [-0.39, 0.29) is 0 Å². The second-order valence-electron chi connectivity index (χ2n) is 12.1. The lowest BCUT2D eigenvalue weighted by molar-refractivity contribution is 1.60. The lowest BCUT2D eigenvalue weighted by Gasteiger charge is -2.20. The highest BCUT2D eigenvalue weighted by Crippen LogP contribution is 2.46. The van der Waals surface area contributed by atoms with Crippen molar-refractivity contribution in [1.82, 2.24) is 0 Å². The van der Waals surface area contributed by atoms with Crippen molar-refractivity contribution in [1.29, 1.82) is 0 Å². The van der Waals surface area contributed by atoms with Gasteiger partial charge >= 0.3 is 0 Å². The second kappa shape index (κ2) is 10.9. The molecule has 0 nitrogen and oxygen atoms in total. The number of hydrogen-bond acceptors (Lipinski definition) is 0. The van der Waals surface area contributed by atoms with Crippen LogP contribution in [0.15, 0.2) is 182 Å². The molecule has 46 heavy (non-hydrogen) atoms. The van der Waals surface area contributed by atoms with Gasteiger partial charge in [0.2, 0.25) is 0 Å². The van der Waals surface area contributed by atoms with Crippen molar-refractivity contribution in [3.05, 3.63) is 182 Å². The van der Waals surface area contributed by atoms with E-state index in [4.69, 9.17) is 0 Å². The number of rotatable bonds is 4. The Morgan fingerprint density at radius 2 is 0.630 bits per heavy atom. The van der Waals surface area contributed by atoms with E-state index in [0.29, 0.717) is 0 Å². The van der Waals surface area contributed by atoms with Crippen LogP contribution in [0.4, 0.5) is 0 Å². The molecule has 214 valence electrons. The maximum Gasteiger partial charge on any atom is -0.00201 e. The van der Waals surface area contributed by atoms with Crippen LogP contribution in [0.1, 0.15) is 0 Å². The molecule has 0 aliphatic carbocycles. The van der Waals surface area contributed by atoms with E-state index in [1.54, 1.807) is 0 Å². The summed E-state index contributed by atoms with van der Waals surface area (Å²) in [7, 11) is 0. The van der Waals surface area contributed by atoms with Gasteiger partial charge in [0.25, 0.3) is 0 Å². The molecule has 9 rings (SSSR count). The molecule has 0 atom stereocenters. The molecule has 0 saturated carbocycles. The summed E-state index contributed by atoms with van der Waals surface area (Å²) in [6, 6.07) is 66.5. The van der Waals surface area contributed by atoms with Crippen molar-refractivity contribution in [3.8, 4) is 44.5 Å². The summed E-state index contributed by atoms with van der Waals surface area (Å²) in [6.07, 6.45) is 0.